The summed E-state index contributed by atoms with van der Waals surface area (Å²) in [7, 11) is -9.34. The molecule has 2 saturated carbocycles. The van der Waals surface area contributed by atoms with Gasteiger partial charge in [0.2, 0.25) is 0 Å². The smallest absolute Gasteiger partial charge is 0.446 e. The Morgan fingerprint density at radius 3 is 2.39 bits per heavy atom. The molecule has 1 aromatic rings. The summed E-state index contributed by atoms with van der Waals surface area (Å²) >= 11 is 0. The molecule has 0 unspecified atom stereocenters. The maximum absolute atomic E-state index is 11.7. The number of nitrogens with zero attached hydrogens (tertiary/aromatic N) is 1. The van der Waals surface area contributed by atoms with E-state index in [2.05, 4.69) is 32.7 Å². The number of fused-ring (bicyclic) bond motifs is 1. The molecule has 1 aromatic carbocycles. The number of rotatable bonds is 7. The maximum atomic E-state index is 11.7. The summed E-state index contributed by atoms with van der Waals surface area (Å²) in [6.07, 6.45) is 7.76. The largest absolute Gasteiger partial charge is 0.504 e. The monoisotopic (exact) mass is 545 g/mol. The lowest BCUT2D eigenvalue weighted by atomic mass is 9.48. The highest BCUT2D eigenvalue weighted by atomic mass is 32.3. The van der Waals surface area contributed by atoms with Gasteiger partial charge in [0.05, 0.1) is 17.9 Å². The quantitative estimate of drug-likeness (QED) is 0.222. The van der Waals surface area contributed by atoms with Crippen molar-refractivity contribution < 1.29 is 40.3 Å². The molecule has 2 aliphatic rings. The zero-order valence-corrected chi connectivity index (χ0v) is 22.6. The van der Waals surface area contributed by atoms with Gasteiger partial charge in [-0.3, -0.25) is 14.1 Å². The summed E-state index contributed by atoms with van der Waals surface area (Å²) < 4.78 is 68.5. The van der Waals surface area contributed by atoms with Gasteiger partial charge in [-0.05, 0) is 54.4 Å². The molecule has 0 bridgehead atoms. The molecule has 10 nitrogen and oxygen atoms in total. The maximum Gasteiger partial charge on any atom is 0.446 e. The van der Waals surface area contributed by atoms with Gasteiger partial charge in [0.25, 0.3) is 10.1 Å². The topological polar surface area (TPSA) is 171 Å². The number of allylic oxidation sites excluding steroid dienone is 1. The van der Waals surface area contributed by atoms with Crippen molar-refractivity contribution in [1.82, 2.24) is 0 Å². The first-order valence-electron chi connectivity index (χ1n) is 11.9. The predicted octanol–water partition coefficient (Wildman–Crippen LogP) is 4.23. The standard InChI is InChI=1S/C24H35NO9S2/c1-15-6-7-20-23(2,3)8-5-9-24(20,4)18(15)12-16-13-19(26)21(27)17(22(16)34-36(31,32)33)14-25-10-11-35(28,29)30/h12-15,20,26-27H,5-11H2,1-4H3,(H,28,29,30)(H,31,32,33)/t15-,20-,24+/m0/s1. The normalized spacial score (nSPS) is 27.8. The highest BCUT2D eigenvalue weighted by molar-refractivity contribution is 7.85. The first-order chi connectivity index (χ1) is 16.4. The average molecular weight is 546 g/mol. The van der Waals surface area contributed by atoms with Crippen LogP contribution in [0.4, 0.5) is 0 Å². The van der Waals surface area contributed by atoms with E-state index in [0.717, 1.165) is 50.0 Å². The van der Waals surface area contributed by atoms with Gasteiger partial charge in [-0.15, -0.1) is 0 Å². The second-order valence-electron chi connectivity index (χ2n) is 10.8. The summed E-state index contributed by atoms with van der Waals surface area (Å²) in [5.74, 6) is -1.95. The molecule has 3 atom stereocenters. The summed E-state index contributed by atoms with van der Waals surface area (Å²) in [5.41, 5.74) is 0.745. The third-order valence-corrected chi connectivity index (χ3v) is 8.88. The Labute approximate surface area is 212 Å². The number of aliphatic imine (C=N–C) groups is 1. The van der Waals surface area contributed by atoms with Gasteiger partial charge in [-0.1, -0.05) is 45.8 Å². The summed E-state index contributed by atoms with van der Waals surface area (Å²) in [6, 6.07) is 1.16. The van der Waals surface area contributed by atoms with Crippen LogP contribution in [0, 0.1) is 22.7 Å². The Balaban J connectivity index is 2.19. The Kier molecular flexibility index (Phi) is 7.86. The molecule has 0 spiro atoms. The third-order valence-electron chi connectivity index (χ3n) is 7.80. The number of hydrogen-bond donors (Lipinski definition) is 4. The minimum absolute atomic E-state index is 0.113. The highest BCUT2D eigenvalue weighted by Gasteiger charge is 2.51. The first-order valence-corrected chi connectivity index (χ1v) is 14.8. The van der Waals surface area contributed by atoms with Crippen molar-refractivity contribution in [2.45, 2.75) is 59.8 Å². The van der Waals surface area contributed by atoms with Crippen LogP contribution in [-0.2, 0) is 20.5 Å². The molecule has 2 fully saturated rings. The van der Waals surface area contributed by atoms with E-state index in [1.807, 2.05) is 0 Å². The van der Waals surface area contributed by atoms with Crippen molar-refractivity contribution in [3.8, 4) is 17.2 Å². The second-order valence-corrected chi connectivity index (χ2v) is 13.4. The van der Waals surface area contributed by atoms with E-state index in [9.17, 15) is 31.6 Å². The van der Waals surface area contributed by atoms with Crippen molar-refractivity contribution in [3.05, 3.63) is 22.8 Å². The molecule has 2 aliphatic carbocycles. The summed E-state index contributed by atoms with van der Waals surface area (Å²) in [6.45, 7) is 8.44. The zero-order chi connectivity index (χ0) is 27.1. The van der Waals surface area contributed by atoms with Gasteiger partial charge < -0.3 is 14.4 Å². The van der Waals surface area contributed by atoms with Crippen molar-refractivity contribution in [2.24, 2.45) is 27.7 Å². The zero-order valence-electron chi connectivity index (χ0n) is 20.9. The molecule has 0 aromatic heterocycles. The Morgan fingerprint density at radius 2 is 1.78 bits per heavy atom. The molecular weight excluding hydrogens is 510 g/mol. The molecule has 36 heavy (non-hydrogen) atoms. The summed E-state index contributed by atoms with van der Waals surface area (Å²) in [4.78, 5) is 3.81. The van der Waals surface area contributed by atoms with Crippen LogP contribution < -0.4 is 4.18 Å². The molecular formula is C24H35NO9S2. The van der Waals surface area contributed by atoms with E-state index < -0.39 is 50.1 Å². The van der Waals surface area contributed by atoms with E-state index in [4.69, 9.17) is 8.74 Å². The Morgan fingerprint density at radius 1 is 1.11 bits per heavy atom. The number of benzene rings is 1. The van der Waals surface area contributed by atoms with E-state index in [1.54, 1.807) is 6.08 Å². The molecule has 0 radical (unpaired) electrons. The van der Waals surface area contributed by atoms with E-state index in [0.29, 0.717) is 5.92 Å². The molecule has 0 aliphatic heterocycles. The van der Waals surface area contributed by atoms with Crippen molar-refractivity contribution in [1.29, 1.82) is 0 Å². The van der Waals surface area contributed by atoms with Crippen LogP contribution in [0.3, 0.4) is 0 Å². The summed E-state index contributed by atoms with van der Waals surface area (Å²) in [5, 5.41) is 20.9. The lowest BCUT2D eigenvalue weighted by Gasteiger charge is -2.56. The molecule has 12 heteroatoms. The fourth-order valence-electron chi connectivity index (χ4n) is 6.22. The van der Waals surface area contributed by atoms with Crippen molar-refractivity contribution >= 4 is 32.8 Å². The van der Waals surface area contributed by atoms with Gasteiger partial charge >= 0.3 is 10.4 Å². The van der Waals surface area contributed by atoms with Crippen LogP contribution in [0.25, 0.3) is 6.08 Å². The number of hydrogen-bond acceptors (Lipinski definition) is 8. The van der Waals surface area contributed by atoms with E-state index >= 15 is 0 Å². The highest BCUT2D eigenvalue weighted by Crippen LogP contribution is 2.61. The Bertz CT molecular complexity index is 1280. The van der Waals surface area contributed by atoms with Gasteiger partial charge in [-0.2, -0.15) is 16.8 Å². The molecule has 3 rings (SSSR count). The van der Waals surface area contributed by atoms with E-state index in [1.165, 1.54) is 0 Å². The van der Waals surface area contributed by atoms with Crippen LogP contribution in [0.2, 0.25) is 0 Å². The van der Waals surface area contributed by atoms with Gasteiger partial charge in [-0.25, -0.2) is 0 Å². The fourth-order valence-corrected chi connectivity index (χ4v) is 6.95. The first kappa shape index (κ1) is 28.4. The number of phenolic OH excluding ortho intramolecular Hbond substituents is 2. The lowest BCUT2D eigenvalue weighted by Crippen LogP contribution is -2.47. The SMILES string of the molecule is C[C@H]1CC[C@H]2C(C)(C)CCC[C@]2(C)C1=Cc1cc(O)c(O)c(C=NCCS(=O)(=O)O)c1OS(=O)(=O)O. The van der Waals surface area contributed by atoms with Gasteiger partial charge in [0, 0.05) is 11.8 Å². The Hall–Kier alpha value is -2.15. The number of phenols is 2. The second kappa shape index (κ2) is 9.96. The van der Waals surface area contributed by atoms with Crippen molar-refractivity contribution in [2.75, 3.05) is 12.3 Å². The minimum Gasteiger partial charge on any atom is -0.504 e. The molecule has 202 valence electrons. The van der Waals surface area contributed by atoms with Crippen LogP contribution in [0.15, 0.2) is 16.6 Å². The minimum atomic E-state index is -5.04. The predicted molar refractivity (Wildman–Crippen MR) is 136 cm³/mol. The molecule has 0 saturated heterocycles. The average Bonchev–Trinajstić information content (AvgIpc) is 2.70. The lowest BCUT2D eigenvalue weighted by molar-refractivity contribution is -0.00534. The number of aromatic hydroxyl groups is 2. The molecule has 4 N–H and O–H groups in total. The van der Waals surface area contributed by atoms with Crippen LogP contribution >= 0.6 is 0 Å². The van der Waals surface area contributed by atoms with Crippen LogP contribution in [-0.4, -0.2) is 54.7 Å². The van der Waals surface area contributed by atoms with Crippen molar-refractivity contribution in [3.63, 3.8) is 0 Å². The van der Waals surface area contributed by atoms with Crippen LogP contribution in [0.1, 0.15) is 70.9 Å². The van der Waals surface area contributed by atoms with Crippen LogP contribution in [0.5, 0.6) is 17.2 Å². The van der Waals surface area contributed by atoms with Gasteiger partial charge in [0.1, 0.15) is 0 Å². The molecule has 0 amide bonds. The fraction of sp³-hybridized carbons (Fsp3) is 0.625. The molecule has 0 heterocycles. The van der Waals surface area contributed by atoms with Gasteiger partial charge in [0.15, 0.2) is 17.2 Å². The van der Waals surface area contributed by atoms with E-state index in [-0.39, 0.29) is 27.9 Å². The third kappa shape index (κ3) is 6.21.